The van der Waals surface area contributed by atoms with Crippen molar-refractivity contribution in [2.75, 3.05) is 18.6 Å². The average molecular weight is 332 g/mol. The largest absolute Gasteiger partial charge is 0.507 e. The average Bonchev–Trinajstić information content (AvgIpc) is 2.73. The fraction of sp³-hybridized carbons (Fsp3) is 0.500. The molecule has 5 nitrogen and oxygen atoms in total. The van der Waals surface area contributed by atoms with Crippen LogP contribution in [-0.2, 0) is 16.4 Å². The topological polar surface area (TPSA) is 74.7 Å². The van der Waals surface area contributed by atoms with E-state index >= 15 is 0 Å². The number of carbonyl (C=O) groups excluding carboxylic acids is 1. The Balaban J connectivity index is 2.22. The Morgan fingerprint density at radius 3 is 2.67 bits per heavy atom. The number of phenols is 1. The fourth-order valence-corrected chi connectivity index (χ4v) is 4.61. The minimum Gasteiger partial charge on any atom is -0.507 e. The van der Waals surface area contributed by atoms with Crippen molar-refractivity contribution >= 4 is 27.2 Å². The van der Waals surface area contributed by atoms with Crippen molar-refractivity contribution in [3.05, 3.63) is 28.3 Å². The molecule has 0 radical (unpaired) electrons. The molecule has 1 N–H and O–H groups in total. The molecule has 21 heavy (non-hydrogen) atoms. The standard InChI is InChI=1S/C14H18ClNO4S/c1-9(17)13-6-11(15)5-10(14(13)18)7-16(2)12-3-4-21(19,20)8-12/h5-6,12,18H,3-4,7-8H2,1-2H3. The Hall–Kier alpha value is -1.11. The highest BCUT2D eigenvalue weighted by Gasteiger charge is 2.31. The van der Waals surface area contributed by atoms with E-state index in [-0.39, 0.29) is 34.6 Å². The number of nitrogens with zero attached hydrogens (tertiary/aromatic N) is 1. The molecule has 1 fully saturated rings. The van der Waals surface area contributed by atoms with Gasteiger partial charge in [-0.15, -0.1) is 0 Å². The molecule has 116 valence electrons. The molecule has 1 atom stereocenters. The van der Waals surface area contributed by atoms with E-state index < -0.39 is 9.84 Å². The summed E-state index contributed by atoms with van der Waals surface area (Å²) in [6.07, 6.45) is 0.583. The summed E-state index contributed by atoms with van der Waals surface area (Å²) in [6.45, 7) is 1.70. The number of aromatic hydroxyl groups is 1. The summed E-state index contributed by atoms with van der Waals surface area (Å²) in [7, 11) is -1.15. The Morgan fingerprint density at radius 1 is 1.48 bits per heavy atom. The number of hydrogen-bond donors (Lipinski definition) is 1. The van der Waals surface area contributed by atoms with Gasteiger partial charge in [-0.2, -0.15) is 0 Å². The van der Waals surface area contributed by atoms with Crippen LogP contribution in [0, 0.1) is 0 Å². The van der Waals surface area contributed by atoms with Gasteiger partial charge in [0.15, 0.2) is 15.6 Å². The van der Waals surface area contributed by atoms with Crippen LogP contribution in [0.5, 0.6) is 5.75 Å². The summed E-state index contributed by atoms with van der Waals surface area (Å²) in [5, 5.41) is 10.5. The van der Waals surface area contributed by atoms with Crippen LogP contribution in [0.3, 0.4) is 0 Å². The summed E-state index contributed by atoms with van der Waals surface area (Å²) >= 11 is 5.98. The molecule has 1 saturated heterocycles. The second-order valence-electron chi connectivity index (χ2n) is 5.49. The molecule has 7 heteroatoms. The molecule has 1 heterocycles. The molecule has 0 bridgehead atoms. The van der Waals surface area contributed by atoms with Crippen LogP contribution >= 0.6 is 11.6 Å². The fourth-order valence-electron chi connectivity index (χ4n) is 2.57. The quantitative estimate of drug-likeness (QED) is 0.852. The van der Waals surface area contributed by atoms with Gasteiger partial charge in [0.1, 0.15) is 5.75 Å². The lowest BCUT2D eigenvalue weighted by atomic mass is 10.0. The smallest absolute Gasteiger partial charge is 0.163 e. The molecule has 1 unspecified atom stereocenters. The van der Waals surface area contributed by atoms with E-state index in [4.69, 9.17) is 11.6 Å². The molecule has 0 aromatic heterocycles. The first kappa shape index (κ1) is 16.3. The number of ketones is 1. The number of sulfone groups is 1. The molecular weight excluding hydrogens is 314 g/mol. The van der Waals surface area contributed by atoms with Crippen molar-refractivity contribution in [3.8, 4) is 5.75 Å². The molecular formula is C14H18ClNO4S. The third kappa shape index (κ3) is 3.75. The van der Waals surface area contributed by atoms with Gasteiger partial charge in [-0.05, 0) is 32.5 Å². The molecule has 0 spiro atoms. The van der Waals surface area contributed by atoms with Crippen LogP contribution in [0.25, 0.3) is 0 Å². The maximum atomic E-state index is 11.5. The van der Waals surface area contributed by atoms with Crippen LogP contribution < -0.4 is 0 Å². The maximum absolute atomic E-state index is 11.5. The van der Waals surface area contributed by atoms with E-state index in [1.807, 2.05) is 4.90 Å². The molecule has 0 amide bonds. The van der Waals surface area contributed by atoms with Crippen molar-refractivity contribution in [3.63, 3.8) is 0 Å². The van der Waals surface area contributed by atoms with Gasteiger partial charge in [0.2, 0.25) is 0 Å². The lowest BCUT2D eigenvalue weighted by Crippen LogP contribution is -2.32. The number of Topliss-reactive ketones (excluding diaryl/α,β-unsaturated/α-hetero) is 1. The summed E-state index contributed by atoms with van der Waals surface area (Å²) in [6, 6.07) is 2.96. The Morgan fingerprint density at radius 2 is 2.14 bits per heavy atom. The van der Waals surface area contributed by atoms with Crippen molar-refractivity contribution < 1.29 is 18.3 Å². The monoisotopic (exact) mass is 331 g/mol. The zero-order valence-corrected chi connectivity index (χ0v) is 13.5. The highest BCUT2D eigenvalue weighted by molar-refractivity contribution is 7.91. The van der Waals surface area contributed by atoms with E-state index in [9.17, 15) is 18.3 Å². The zero-order chi connectivity index (χ0) is 15.8. The molecule has 0 aliphatic carbocycles. The van der Waals surface area contributed by atoms with Crippen molar-refractivity contribution in [1.82, 2.24) is 4.90 Å². The van der Waals surface area contributed by atoms with Gasteiger partial charge in [-0.3, -0.25) is 9.69 Å². The normalized spacial score (nSPS) is 20.9. The Labute approximate surface area is 129 Å². The van der Waals surface area contributed by atoms with Crippen LogP contribution in [0.2, 0.25) is 5.02 Å². The highest BCUT2D eigenvalue weighted by atomic mass is 35.5. The number of benzene rings is 1. The second kappa shape index (κ2) is 5.94. The second-order valence-corrected chi connectivity index (χ2v) is 8.15. The minimum atomic E-state index is -2.96. The van der Waals surface area contributed by atoms with E-state index in [0.717, 1.165) is 0 Å². The number of hydrogen-bond acceptors (Lipinski definition) is 5. The predicted octanol–water partition coefficient (Wildman–Crippen LogP) is 1.87. The van der Waals surface area contributed by atoms with Crippen LogP contribution in [-0.4, -0.2) is 48.8 Å². The van der Waals surface area contributed by atoms with Crippen molar-refractivity contribution in [1.29, 1.82) is 0 Å². The van der Waals surface area contributed by atoms with Crippen LogP contribution in [0.4, 0.5) is 0 Å². The molecule has 1 aromatic carbocycles. The first-order valence-electron chi connectivity index (χ1n) is 6.62. The third-order valence-electron chi connectivity index (χ3n) is 3.78. The molecule has 1 aliphatic heterocycles. The van der Waals surface area contributed by atoms with Crippen LogP contribution in [0.1, 0.15) is 29.3 Å². The molecule has 1 aliphatic rings. The number of rotatable bonds is 4. The molecule has 2 rings (SSSR count). The van der Waals surface area contributed by atoms with E-state index in [2.05, 4.69) is 0 Å². The van der Waals surface area contributed by atoms with Gasteiger partial charge >= 0.3 is 0 Å². The van der Waals surface area contributed by atoms with Gasteiger partial charge < -0.3 is 5.11 Å². The number of halogens is 1. The highest BCUT2D eigenvalue weighted by Crippen LogP contribution is 2.29. The maximum Gasteiger partial charge on any atom is 0.163 e. The van der Waals surface area contributed by atoms with E-state index in [0.29, 0.717) is 23.6 Å². The molecule has 1 aromatic rings. The summed E-state index contributed by atoms with van der Waals surface area (Å²) in [5.41, 5.74) is 0.712. The Kier molecular flexibility index (Phi) is 4.60. The number of phenolic OH excluding ortho intramolecular Hbond substituents is 1. The van der Waals surface area contributed by atoms with Gasteiger partial charge in [-0.25, -0.2) is 8.42 Å². The first-order chi connectivity index (χ1) is 9.69. The van der Waals surface area contributed by atoms with E-state index in [1.54, 1.807) is 13.1 Å². The predicted molar refractivity (Wildman–Crippen MR) is 81.6 cm³/mol. The summed E-state index contributed by atoms with van der Waals surface area (Å²) in [5.74, 6) is -0.0194. The van der Waals surface area contributed by atoms with Crippen LogP contribution in [0.15, 0.2) is 12.1 Å². The van der Waals surface area contributed by atoms with Crippen molar-refractivity contribution in [2.45, 2.75) is 25.9 Å². The van der Waals surface area contributed by atoms with Gasteiger partial charge in [-0.1, -0.05) is 11.6 Å². The molecule has 0 saturated carbocycles. The van der Waals surface area contributed by atoms with Gasteiger partial charge in [0, 0.05) is 23.2 Å². The first-order valence-corrected chi connectivity index (χ1v) is 8.82. The summed E-state index contributed by atoms with van der Waals surface area (Å²) in [4.78, 5) is 13.4. The third-order valence-corrected chi connectivity index (χ3v) is 5.75. The van der Waals surface area contributed by atoms with Gasteiger partial charge in [0.25, 0.3) is 0 Å². The minimum absolute atomic E-state index is 0.0749. The lowest BCUT2D eigenvalue weighted by molar-refractivity contribution is 0.101. The van der Waals surface area contributed by atoms with E-state index in [1.165, 1.54) is 13.0 Å². The number of carbonyl (C=O) groups is 1. The summed E-state index contributed by atoms with van der Waals surface area (Å²) < 4.78 is 23.0. The Bertz CT molecular complexity index is 672. The van der Waals surface area contributed by atoms with Gasteiger partial charge in [0.05, 0.1) is 17.1 Å². The zero-order valence-electron chi connectivity index (χ0n) is 12.0. The van der Waals surface area contributed by atoms with Crippen molar-refractivity contribution in [2.24, 2.45) is 0 Å². The lowest BCUT2D eigenvalue weighted by Gasteiger charge is -2.24. The SMILES string of the molecule is CC(=O)c1cc(Cl)cc(CN(C)C2CCS(=O)(=O)C2)c1O.